The van der Waals surface area contributed by atoms with E-state index in [4.69, 9.17) is 23.2 Å². The van der Waals surface area contributed by atoms with Crippen molar-refractivity contribution < 1.29 is 0 Å². The van der Waals surface area contributed by atoms with Crippen LogP contribution in [0.15, 0.2) is 18.2 Å². The molecule has 18 heavy (non-hydrogen) atoms. The van der Waals surface area contributed by atoms with Gasteiger partial charge >= 0.3 is 0 Å². The van der Waals surface area contributed by atoms with E-state index < -0.39 is 0 Å². The smallest absolute Gasteiger partial charge is 0.0595 e. The molecule has 0 saturated heterocycles. The molecule has 0 aliphatic heterocycles. The molecule has 1 aromatic carbocycles. The first-order valence-electron chi connectivity index (χ1n) is 6.52. The van der Waals surface area contributed by atoms with Crippen LogP contribution in [0.4, 0.5) is 0 Å². The molecule has 0 aliphatic rings. The quantitative estimate of drug-likeness (QED) is 0.757. The number of nitrogens with one attached hydrogen (secondary N) is 1. The van der Waals surface area contributed by atoms with E-state index in [1.807, 2.05) is 12.1 Å². The van der Waals surface area contributed by atoms with Crippen LogP contribution in [0.5, 0.6) is 0 Å². The van der Waals surface area contributed by atoms with Crippen LogP contribution in [0.2, 0.25) is 10.0 Å². The van der Waals surface area contributed by atoms with Gasteiger partial charge in [-0.3, -0.25) is 0 Å². The maximum Gasteiger partial charge on any atom is 0.0595 e. The zero-order valence-corrected chi connectivity index (χ0v) is 13.2. The minimum Gasteiger partial charge on any atom is -0.310 e. The molecule has 0 radical (unpaired) electrons. The van der Waals surface area contributed by atoms with Crippen LogP contribution >= 0.6 is 23.2 Å². The van der Waals surface area contributed by atoms with E-state index in [1.54, 1.807) is 0 Å². The van der Waals surface area contributed by atoms with Gasteiger partial charge in [0.25, 0.3) is 0 Å². The highest BCUT2D eigenvalue weighted by Gasteiger charge is 2.16. The lowest BCUT2D eigenvalue weighted by Gasteiger charge is -2.24. The zero-order chi connectivity index (χ0) is 13.8. The van der Waals surface area contributed by atoms with Gasteiger partial charge in [-0.2, -0.15) is 0 Å². The summed E-state index contributed by atoms with van der Waals surface area (Å²) in [4.78, 5) is 0. The van der Waals surface area contributed by atoms with Gasteiger partial charge in [0, 0.05) is 6.04 Å². The molecule has 102 valence electrons. The Balaban J connectivity index is 2.80. The van der Waals surface area contributed by atoms with Crippen molar-refractivity contribution in [3.05, 3.63) is 33.8 Å². The number of hydrogen-bond donors (Lipinski definition) is 1. The molecule has 1 nitrogen and oxygen atoms in total. The Kier molecular flexibility index (Phi) is 5.97. The Bertz CT molecular complexity index is 383. The molecule has 1 N–H and O–H groups in total. The third-order valence-electron chi connectivity index (χ3n) is 2.98. The first-order chi connectivity index (χ1) is 8.33. The van der Waals surface area contributed by atoms with E-state index >= 15 is 0 Å². The highest BCUT2D eigenvalue weighted by atomic mass is 35.5. The van der Waals surface area contributed by atoms with E-state index in [-0.39, 0.29) is 0 Å². The van der Waals surface area contributed by atoms with Crippen LogP contribution in [0.3, 0.4) is 0 Å². The van der Waals surface area contributed by atoms with E-state index in [1.165, 1.54) is 12.0 Å². The lowest BCUT2D eigenvalue weighted by atomic mass is 9.87. The minimum absolute atomic E-state index is 0.351. The maximum absolute atomic E-state index is 6.09. The number of hydrogen-bond acceptors (Lipinski definition) is 1. The SMILES string of the molecule is CCNC(CCC(C)(C)C)c1ccc(Cl)c(Cl)c1. The van der Waals surface area contributed by atoms with Crippen molar-refractivity contribution in [3.63, 3.8) is 0 Å². The summed E-state index contributed by atoms with van der Waals surface area (Å²) in [6, 6.07) is 6.26. The molecule has 0 saturated carbocycles. The molecule has 1 unspecified atom stereocenters. The van der Waals surface area contributed by atoms with Crippen molar-refractivity contribution in [2.75, 3.05) is 6.54 Å². The molecule has 0 heterocycles. The van der Waals surface area contributed by atoms with Gasteiger partial charge in [0.2, 0.25) is 0 Å². The van der Waals surface area contributed by atoms with Crippen LogP contribution in [0, 0.1) is 5.41 Å². The van der Waals surface area contributed by atoms with Crippen molar-refractivity contribution in [1.82, 2.24) is 5.32 Å². The van der Waals surface area contributed by atoms with Gasteiger partial charge in [-0.25, -0.2) is 0 Å². The van der Waals surface area contributed by atoms with Gasteiger partial charge < -0.3 is 5.32 Å². The average molecular weight is 288 g/mol. The summed E-state index contributed by atoms with van der Waals surface area (Å²) < 4.78 is 0. The Morgan fingerprint density at radius 3 is 2.33 bits per heavy atom. The fourth-order valence-corrected chi connectivity index (χ4v) is 2.25. The highest BCUT2D eigenvalue weighted by molar-refractivity contribution is 6.42. The van der Waals surface area contributed by atoms with Crippen LogP contribution in [0.25, 0.3) is 0 Å². The van der Waals surface area contributed by atoms with E-state index in [0.717, 1.165) is 13.0 Å². The first-order valence-corrected chi connectivity index (χ1v) is 7.27. The molecule has 0 fully saturated rings. The van der Waals surface area contributed by atoms with Crippen molar-refractivity contribution in [1.29, 1.82) is 0 Å². The monoisotopic (exact) mass is 287 g/mol. The predicted molar refractivity (Wildman–Crippen MR) is 81.6 cm³/mol. The summed E-state index contributed by atoms with van der Waals surface area (Å²) in [6.45, 7) is 9.89. The number of rotatable bonds is 5. The molecule has 1 aromatic rings. The highest BCUT2D eigenvalue weighted by Crippen LogP contribution is 2.30. The second-order valence-electron chi connectivity index (χ2n) is 5.88. The van der Waals surface area contributed by atoms with Gasteiger partial charge in [0.15, 0.2) is 0 Å². The number of benzene rings is 1. The summed E-state index contributed by atoms with van der Waals surface area (Å²) in [5.41, 5.74) is 1.57. The number of halogens is 2. The Morgan fingerprint density at radius 2 is 1.83 bits per heavy atom. The van der Waals surface area contributed by atoms with Crippen LogP contribution in [-0.2, 0) is 0 Å². The normalized spacial score (nSPS) is 13.7. The third-order valence-corrected chi connectivity index (χ3v) is 3.72. The van der Waals surface area contributed by atoms with Crippen molar-refractivity contribution in [2.45, 2.75) is 46.6 Å². The molecule has 0 aromatic heterocycles. The van der Waals surface area contributed by atoms with Crippen LogP contribution < -0.4 is 5.32 Å². The molecule has 1 atom stereocenters. The van der Waals surface area contributed by atoms with Gasteiger partial charge in [0.05, 0.1) is 10.0 Å². The first kappa shape index (κ1) is 15.8. The lowest BCUT2D eigenvalue weighted by molar-refractivity contribution is 0.334. The van der Waals surface area contributed by atoms with Crippen molar-refractivity contribution >= 4 is 23.2 Å². The molecule has 0 amide bonds. The zero-order valence-electron chi connectivity index (χ0n) is 11.7. The average Bonchev–Trinajstić information content (AvgIpc) is 2.27. The van der Waals surface area contributed by atoms with Crippen molar-refractivity contribution in [3.8, 4) is 0 Å². The summed E-state index contributed by atoms with van der Waals surface area (Å²) in [6.07, 6.45) is 2.28. The summed E-state index contributed by atoms with van der Waals surface area (Å²) in [7, 11) is 0. The van der Waals surface area contributed by atoms with E-state index in [2.05, 4.69) is 39.1 Å². The summed E-state index contributed by atoms with van der Waals surface area (Å²) in [5.74, 6) is 0. The molecule has 0 spiro atoms. The Morgan fingerprint density at radius 1 is 1.17 bits per heavy atom. The largest absolute Gasteiger partial charge is 0.310 e. The minimum atomic E-state index is 0.351. The molecular weight excluding hydrogens is 265 g/mol. The molecular formula is C15H23Cl2N. The predicted octanol–water partition coefficient (Wildman–Crippen LogP) is 5.47. The summed E-state index contributed by atoms with van der Waals surface area (Å²) in [5, 5.41) is 4.77. The van der Waals surface area contributed by atoms with Crippen molar-refractivity contribution in [2.24, 2.45) is 5.41 Å². The second kappa shape index (κ2) is 6.79. The van der Waals surface area contributed by atoms with E-state index in [0.29, 0.717) is 21.5 Å². The maximum atomic E-state index is 6.09. The van der Waals surface area contributed by atoms with Crippen LogP contribution in [-0.4, -0.2) is 6.54 Å². The molecule has 0 bridgehead atoms. The second-order valence-corrected chi connectivity index (χ2v) is 6.70. The molecule has 1 rings (SSSR count). The lowest BCUT2D eigenvalue weighted by Crippen LogP contribution is -2.22. The Hall–Kier alpha value is -0.240. The molecule has 3 heteroatoms. The standard InChI is InChI=1S/C15H23Cl2N/c1-5-18-14(8-9-15(2,3)4)11-6-7-12(16)13(17)10-11/h6-7,10,14,18H,5,8-9H2,1-4H3. The topological polar surface area (TPSA) is 12.0 Å². The molecule has 0 aliphatic carbocycles. The third kappa shape index (κ3) is 5.17. The van der Waals surface area contributed by atoms with E-state index in [9.17, 15) is 0 Å². The fourth-order valence-electron chi connectivity index (χ4n) is 1.94. The van der Waals surface area contributed by atoms with Gasteiger partial charge in [-0.1, -0.05) is 57.0 Å². The summed E-state index contributed by atoms with van der Waals surface area (Å²) >= 11 is 12.0. The van der Waals surface area contributed by atoms with Crippen LogP contribution in [0.1, 0.15) is 52.1 Å². The van der Waals surface area contributed by atoms with Gasteiger partial charge in [-0.05, 0) is 42.5 Å². The van der Waals surface area contributed by atoms with Gasteiger partial charge in [-0.15, -0.1) is 0 Å². The van der Waals surface area contributed by atoms with Gasteiger partial charge in [0.1, 0.15) is 0 Å². The Labute approximate surface area is 121 Å². The fraction of sp³-hybridized carbons (Fsp3) is 0.600.